The molecule has 1 aliphatic rings. The molecular weight excluding hydrogens is 452 g/mol. The summed E-state index contributed by atoms with van der Waals surface area (Å²) in [4.78, 5) is 28.3. The van der Waals surface area contributed by atoms with Gasteiger partial charge in [0, 0.05) is 5.69 Å². The number of nitrogens with zero attached hydrogens (tertiary/aromatic N) is 2. The van der Waals surface area contributed by atoms with Gasteiger partial charge in [-0.2, -0.15) is 5.26 Å². The van der Waals surface area contributed by atoms with Crippen LogP contribution in [0.15, 0.2) is 72.3 Å². The quantitative estimate of drug-likeness (QED) is 0.290. The van der Waals surface area contributed by atoms with Crippen LogP contribution in [0.3, 0.4) is 0 Å². The number of amides is 1. The summed E-state index contributed by atoms with van der Waals surface area (Å²) in [6.07, 6.45) is 0. The predicted octanol–water partition coefficient (Wildman–Crippen LogP) is 5.80. The molecule has 182 valence electrons. The van der Waals surface area contributed by atoms with E-state index in [0.717, 1.165) is 11.1 Å². The van der Waals surface area contributed by atoms with Crippen molar-refractivity contribution in [3.05, 3.63) is 100 Å². The van der Waals surface area contributed by atoms with Crippen LogP contribution >= 0.6 is 0 Å². The number of aryl methyl sites for hydroxylation is 1. The van der Waals surface area contributed by atoms with Crippen molar-refractivity contribution in [1.29, 1.82) is 5.26 Å². The van der Waals surface area contributed by atoms with Crippen molar-refractivity contribution in [2.75, 3.05) is 12.0 Å². The first-order valence-electron chi connectivity index (χ1n) is 11.6. The van der Waals surface area contributed by atoms with E-state index in [4.69, 9.17) is 4.74 Å². The number of carbonyl (C=O) groups is 2. The zero-order chi connectivity index (χ0) is 26.2. The predicted molar refractivity (Wildman–Crippen MR) is 139 cm³/mol. The lowest BCUT2D eigenvalue weighted by atomic mass is 9.85. The van der Waals surface area contributed by atoms with Gasteiger partial charge in [0.25, 0.3) is 11.7 Å². The van der Waals surface area contributed by atoms with Crippen molar-refractivity contribution >= 4 is 23.1 Å². The van der Waals surface area contributed by atoms with Crippen molar-refractivity contribution < 1.29 is 19.4 Å². The number of hydrogen-bond acceptors (Lipinski definition) is 5. The highest BCUT2D eigenvalue weighted by molar-refractivity contribution is 6.51. The maximum atomic E-state index is 13.5. The largest absolute Gasteiger partial charge is 0.507 e. The Kier molecular flexibility index (Phi) is 6.43. The molecule has 6 nitrogen and oxygen atoms in total. The molecule has 3 aromatic rings. The maximum absolute atomic E-state index is 13.5. The van der Waals surface area contributed by atoms with E-state index in [1.54, 1.807) is 36.4 Å². The molecule has 4 rings (SSSR count). The minimum Gasteiger partial charge on any atom is -0.507 e. The second-order valence-electron chi connectivity index (χ2n) is 9.85. The molecule has 0 aromatic heterocycles. The van der Waals surface area contributed by atoms with Crippen LogP contribution in [0.4, 0.5) is 5.69 Å². The Bertz CT molecular complexity index is 1420. The van der Waals surface area contributed by atoms with Crippen LogP contribution in [-0.2, 0) is 15.0 Å². The number of hydrogen-bond donors (Lipinski definition) is 1. The lowest BCUT2D eigenvalue weighted by Gasteiger charge is -2.27. The molecule has 0 radical (unpaired) electrons. The van der Waals surface area contributed by atoms with Crippen molar-refractivity contribution in [3.63, 3.8) is 0 Å². The van der Waals surface area contributed by atoms with E-state index in [1.165, 1.54) is 12.0 Å². The molecule has 1 unspecified atom stereocenters. The standard InChI is InChI=1S/C30H28N2O4/c1-18-8-6-7-9-22(18)26-25(27(33)23-16-20(30(2,3)4)12-15-24(23)36-5)28(34)29(35)32(26)21-13-10-19(17-31)11-14-21/h6-16,26,33H,1-5H3/b27-25+. The van der Waals surface area contributed by atoms with E-state index in [0.29, 0.717) is 28.1 Å². The third-order valence-electron chi connectivity index (χ3n) is 6.52. The number of aliphatic hydroxyl groups is 1. The van der Waals surface area contributed by atoms with Crippen LogP contribution in [0.5, 0.6) is 5.75 Å². The molecule has 3 aromatic carbocycles. The Labute approximate surface area is 211 Å². The summed E-state index contributed by atoms with van der Waals surface area (Å²) in [5, 5.41) is 20.8. The van der Waals surface area contributed by atoms with Gasteiger partial charge in [-0.3, -0.25) is 14.5 Å². The van der Waals surface area contributed by atoms with Crippen LogP contribution in [-0.4, -0.2) is 23.9 Å². The Morgan fingerprint density at radius 1 is 1.03 bits per heavy atom. The van der Waals surface area contributed by atoms with E-state index in [2.05, 4.69) is 26.8 Å². The molecule has 0 aliphatic carbocycles. The van der Waals surface area contributed by atoms with Crippen molar-refractivity contribution in [1.82, 2.24) is 0 Å². The molecule has 1 amide bonds. The number of carbonyl (C=O) groups excluding carboxylic acids is 2. The monoisotopic (exact) mass is 480 g/mol. The average Bonchev–Trinajstić information content (AvgIpc) is 3.13. The molecule has 1 fully saturated rings. The van der Waals surface area contributed by atoms with E-state index >= 15 is 0 Å². The lowest BCUT2D eigenvalue weighted by molar-refractivity contribution is -0.132. The molecule has 1 N–H and O–H groups in total. The minimum absolute atomic E-state index is 0.0111. The molecule has 1 heterocycles. The fourth-order valence-electron chi connectivity index (χ4n) is 4.49. The first-order chi connectivity index (χ1) is 17.1. The molecule has 1 atom stereocenters. The molecule has 0 spiro atoms. The number of benzene rings is 3. The van der Waals surface area contributed by atoms with Crippen LogP contribution in [0.25, 0.3) is 5.76 Å². The Morgan fingerprint density at radius 3 is 2.28 bits per heavy atom. The van der Waals surface area contributed by atoms with Gasteiger partial charge in [0.15, 0.2) is 0 Å². The summed E-state index contributed by atoms with van der Waals surface area (Å²) in [6, 6.07) is 20.6. The fourth-order valence-corrected chi connectivity index (χ4v) is 4.49. The first-order valence-corrected chi connectivity index (χ1v) is 11.6. The zero-order valence-corrected chi connectivity index (χ0v) is 21.0. The van der Waals surface area contributed by atoms with E-state index < -0.39 is 17.7 Å². The fraction of sp³-hybridized carbons (Fsp3) is 0.233. The Balaban J connectivity index is 2.01. The highest BCUT2D eigenvalue weighted by Crippen LogP contribution is 2.44. The second kappa shape index (κ2) is 9.35. The van der Waals surface area contributed by atoms with Gasteiger partial charge in [-0.1, -0.05) is 51.1 Å². The zero-order valence-electron chi connectivity index (χ0n) is 21.0. The van der Waals surface area contributed by atoms with Gasteiger partial charge in [-0.25, -0.2) is 0 Å². The topological polar surface area (TPSA) is 90.6 Å². The van der Waals surface area contributed by atoms with E-state index in [1.807, 2.05) is 37.3 Å². The molecule has 0 bridgehead atoms. The number of aliphatic hydroxyl groups excluding tert-OH is 1. The van der Waals surface area contributed by atoms with Gasteiger partial charge >= 0.3 is 0 Å². The highest BCUT2D eigenvalue weighted by atomic mass is 16.5. The summed E-state index contributed by atoms with van der Waals surface area (Å²) < 4.78 is 5.52. The number of nitriles is 1. The number of Topliss-reactive ketones (excluding diaryl/α,β-unsaturated/α-hetero) is 1. The number of anilines is 1. The summed E-state index contributed by atoms with van der Waals surface area (Å²) in [6.45, 7) is 8.05. The maximum Gasteiger partial charge on any atom is 0.300 e. The molecule has 0 saturated carbocycles. The molecule has 1 saturated heterocycles. The van der Waals surface area contributed by atoms with Gasteiger partial charge < -0.3 is 9.84 Å². The molecule has 6 heteroatoms. The Morgan fingerprint density at radius 2 is 1.69 bits per heavy atom. The van der Waals surface area contributed by atoms with Crippen molar-refractivity contribution in [3.8, 4) is 11.8 Å². The van der Waals surface area contributed by atoms with Crippen LogP contribution < -0.4 is 9.64 Å². The van der Waals surface area contributed by atoms with Crippen LogP contribution in [0, 0.1) is 18.3 Å². The summed E-state index contributed by atoms with van der Waals surface area (Å²) >= 11 is 0. The molecule has 1 aliphatic heterocycles. The third-order valence-corrected chi connectivity index (χ3v) is 6.52. The van der Waals surface area contributed by atoms with Crippen molar-refractivity contribution in [2.24, 2.45) is 0 Å². The SMILES string of the molecule is COc1ccc(C(C)(C)C)cc1/C(O)=C1\C(=O)C(=O)N(c2ccc(C#N)cc2)C1c1ccccc1C. The number of ether oxygens (including phenoxy) is 1. The number of ketones is 1. The molecule has 36 heavy (non-hydrogen) atoms. The van der Waals surface area contributed by atoms with Crippen LogP contribution in [0.1, 0.15) is 54.6 Å². The number of rotatable bonds is 4. The van der Waals surface area contributed by atoms with Gasteiger partial charge in [0.05, 0.1) is 35.9 Å². The van der Waals surface area contributed by atoms with Gasteiger partial charge in [0.1, 0.15) is 11.5 Å². The summed E-state index contributed by atoms with van der Waals surface area (Å²) in [5.74, 6) is -1.43. The van der Waals surface area contributed by atoms with Crippen LogP contribution in [0.2, 0.25) is 0 Å². The highest BCUT2D eigenvalue weighted by Gasteiger charge is 2.47. The van der Waals surface area contributed by atoms with E-state index in [9.17, 15) is 20.0 Å². The summed E-state index contributed by atoms with van der Waals surface area (Å²) in [7, 11) is 1.50. The lowest BCUT2D eigenvalue weighted by Crippen LogP contribution is -2.29. The van der Waals surface area contributed by atoms with E-state index in [-0.39, 0.29) is 16.7 Å². The normalized spacial score (nSPS) is 17.2. The molecular formula is C30H28N2O4. The third kappa shape index (κ3) is 4.25. The smallest absolute Gasteiger partial charge is 0.300 e. The Hall–Kier alpha value is -4.37. The van der Waals surface area contributed by atoms with Gasteiger partial charge in [-0.15, -0.1) is 0 Å². The first kappa shape index (κ1) is 24.7. The van der Waals surface area contributed by atoms with Gasteiger partial charge in [-0.05, 0) is 65.4 Å². The average molecular weight is 481 g/mol. The van der Waals surface area contributed by atoms with Gasteiger partial charge in [0.2, 0.25) is 0 Å². The number of methoxy groups -OCH3 is 1. The summed E-state index contributed by atoms with van der Waals surface area (Å²) in [5.41, 5.74) is 3.54. The second-order valence-corrected chi connectivity index (χ2v) is 9.85. The van der Waals surface area contributed by atoms with Crippen molar-refractivity contribution in [2.45, 2.75) is 39.2 Å². The minimum atomic E-state index is -0.859.